The Morgan fingerprint density at radius 1 is 0.938 bits per heavy atom. The summed E-state index contributed by atoms with van der Waals surface area (Å²) in [4.78, 5) is 0. The Bertz CT molecular complexity index is 178. The molecule has 0 bridgehead atoms. The van der Waals surface area contributed by atoms with E-state index in [0.717, 1.165) is 51.0 Å². The predicted molar refractivity (Wildman–Crippen MR) is 64.0 cm³/mol. The lowest BCUT2D eigenvalue weighted by Gasteiger charge is -2.01. The number of aliphatic hydroxyl groups excluding tert-OH is 1. The second-order valence-corrected chi connectivity index (χ2v) is 4.44. The van der Waals surface area contributed by atoms with Gasteiger partial charge in [0.2, 0.25) is 0 Å². The van der Waals surface area contributed by atoms with Crippen LogP contribution >= 0.6 is 11.6 Å². The number of hydrogen-bond acceptors (Lipinski definition) is 1. The van der Waals surface area contributed by atoms with Crippen molar-refractivity contribution in [3.63, 3.8) is 0 Å². The van der Waals surface area contributed by atoms with E-state index in [1.165, 1.54) is 6.08 Å². The highest BCUT2D eigenvalue weighted by Gasteiger charge is 2.18. The van der Waals surface area contributed by atoms with Crippen LogP contribution in [0.4, 0.5) is 8.78 Å². The molecule has 0 heterocycles. The lowest BCUT2D eigenvalue weighted by Crippen LogP contribution is -1.98. The SMILES string of the molecule is OCCCCCCCCCC=CC(F)(F)Cl. The molecular weight excluding hydrogens is 234 g/mol. The van der Waals surface area contributed by atoms with Crippen LogP contribution in [0.25, 0.3) is 0 Å². The van der Waals surface area contributed by atoms with E-state index in [0.29, 0.717) is 6.42 Å². The van der Waals surface area contributed by atoms with Gasteiger partial charge in [-0.2, -0.15) is 8.78 Å². The summed E-state index contributed by atoms with van der Waals surface area (Å²) in [5.41, 5.74) is 0. The van der Waals surface area contributed by atoms with Gasteiger partial charge in [-0.15, -0.1) is 0 Å². The third-order valence-corrected chi connectivity index (χ3v) is 2.46. The number of unbranched alkanes of at least 4 members (excludes halogenated alkanes) is 7. The average Bonchev–Trinajstić information content (AvgIpc) is 2.19. The molecule has 0 aromatic carbocycles. The van der Waals surface area contributed by atoms with E-state index in [-0.39, 0.29) is 6.61 Å². The largest absolute Gasteiger partial charge is 0.396 e. The summed E-state index contributed by atoms with van der Waals surface area (Å²) in [6, 6.07) is 0. The Hall–Kier alpha value is -0.150. The summed E-state index contributed by atoms with van der Waals surface area (Å²) >= 11 is 4.70. The zero-order valence-corrected chi connectivity index (χ0v) is 10.4. The van der Waals surface area contributed by atoms with E-state index in [1.54, 1.807) is 0 Å². The fraction of sp³-hybridized carbons (Fsp3) is 0.833. The molecule has 0 unspecified atom stereocenters. The normalized spacial score (nSPS) is 12.5. The molecule has 0 aromatic heterocycles. The fourth-order valence-electron chi connectivity index (χ4n) is 1.47. The van der Waals surface area contributed by atoms with Crippen LogP contribution in [0.3, 0.4) is 0 Å². The molecule has 16 heavy (non-hydrogen) atoms. The maximum absolute atomic E-state index is 12.1. The zero-order valence-electron chi connectivity index (χ0n) is 9.60. The molecule has 0 saturated heterocycles. The van der Waals surface area contributed by atoms with Gasteiger partial charge in [0, 0.05) is 6.61 Å². The molecule has 0 aliphatic carbocycles. The molecular formula is C12H21ClF2O. The highest BCUT2D eigenvalue weighted by Crippen LogP contribution is 2.20. The molecule has 0 amide bonds. The predicted octanol–water partition coefficient (Wildman–Crippen LogP) is 4.49. The molecule has 1 N–H and O–H groups in total. The first kappa shape index (κ1) is 15.9. The third kappa shape index (κ3) is 13.8. The highest BCUT2D eigenvalue weighted by molar-refractivity contribution is 6.22. The van der Waals surface area contributed by atoms with Crippen molar-refractivity contribution in [1.29, 1.82) is 0 Å². The van der Waals surface area contributed by atoms with Crippen LogP contribution in [0, 0.1) is 0 Å². The van der Waals surface area contributed by atoms with Crippen LogP contribution in [0.2, 0.25) is 0 Å². The van der Waals surface area contributed by atoms with E-state index in [1.807, 2.05) is 0 Å². The van der Waals surface area contributed by atoms with Crippen LogP contribution in [-0.2, 0) is 0 Å². The van der Waals surface area contributed by atoms with Crippen molar-refractivity contribution < 1.29 is 13.9 Å². The van der Waals surface area contributed by atoms with Crippen LogP contribution in [0.5, 0.6) is 0 Å². The van der Waals surface area contributed by atoms with Crippen molar-refractivity contribution in [1.82, 2.24) is 0 Å². The van der Waals surface area contributed by atoms with E-state index in [9.17, 15) is 8.78 Å². The van der Waals surface area contributed by atoms with Gasteiger partial charge >= 0.3 is 5.38 Å². The monoisotopic (exact) mass is 254 g/mol. The van der Waals surface area contributed by atoms with Crippen molar-refractivity contribution in [3.8, 4) is 0 Å². The number of allylic oxidation sites excluding steroid dienone is 2. The van der Waals surface area contributed by atoms with Crippen molar-refractivity contribution in [2.75, 3.05) is 6.61 Å². The number of hydrogen-bond donors (Lipinski definition) is 1. The first-order valence-corrected chi connectivity index (χ1v) is 6.29. The van der Waals surface area contributed by atoms with Gasteiger partial charge < -0.3 is 5.11 Å². The van der Waals surface area contributed by atoms with Gasteiger partial charge in [0.25, 0.3) is 0 Å². The molecule has 0 fully saturated rings. The summed E-state index contributed by atoms with van der Waals surface area (Å²) < 4.78 is 24.3. The molecule has 0 aromatic rings. The molecule has 4 heteroatoms. The van der Waals surface area contributed by atoms with Crippen molar-refractivity contribution in [2.24, 2.45) is 0 Å². The molecule has 0 aliphatic rings. The third-order valence-electron chi connectivity index (χ3n) is 2.34. The molecule has 0 saturated carbocycles. The first-order valence-electron chi connectivity index (χ1n) is 5.91. The average molecular weight is 255 g/mol. The number of rotatable bonds is 10. The van der Waals surface area contributed by atoms with Crippen LogP contribution in [-0.4, -0.2) is 17.1 Å². The van der Waals surface area contributed by atoms with Crippen LogP contribution < -0.4 is 0 Å². The lowest BCUT2D eigenvalue weighted by molar-refractivity contribution is 0.152. The molecule has 0 rings (SSSR count). The summed E-state index contributed by atoms with van der Waals surface area (Å²) in [7, 11) is 0. The topological polar surface area (TPSA) is 20.2 Å². The molecule has 0 atom stereocenters. The van der Waals surface area contributed by atoms with Gasteiger partial charge in [-0.05, 0) is 36.9 Å². The standard InChI is InChI=1S/C12H21ClF2O/c13-12(14,15)10-8-6-4-2-1-3-5-7-9-11-16/h8,10,16H,1-7,9,11H2. The van der Waals surface area contributed by atoms with Crippen molar-refractivity contribution >= 4 is 11.6 Å². The maximum atomic E-state index is 12.1. The van der Waals surface area contributed by atoms with E-state index in [4.69, 9.17) is 16.7 Å². The van der Waals surface area contributed by atoms with Gasteiger partial charge in [0.1, 0.15) is 0 Å². The molecule has 0 spiro atoms. The summed E-state index contributed by atoms with van der Waals surface area (Å²) in [6.07, 6.45) is 10.3. The first-order chi connectivity index (χ1) is 7.56. The molecule has 1 nitrogen and oxygen atoms in total. The highest BCUT2D eigenvalue weighted by atomic mass is 35.5. The Labute approximate surface area is 101 Å². The minimum Gasteiger partial charge on any atom is -0.396 e. The number of aliphatic hydroxyl groups is 1. The number of alkyl halides is 3. The quantitative estimate of drug-likeness (QED) is 0.346. The minimum absolute atomic E-state index is 0.275. The van der Waals surface area contributed by atoms with Gasteiger partial charge in [-0.3, -0.25) is 0 Å². The second kappa shape index (κ2) is 10.0. The summed E-state index contributed by atoms with van der Waals surface area (Å²) in [5.74, 6) is 0. The smallest absolute Gasteiger partial charge is 0.341 e. The number of halogens is 3. The van der Waals surface area contributed by atoms with Gasteiger partial charge in [0.15, 0.2) is 0 Å². The Morgan fingerprint density at radius 3 is 1.94 bits per heavy atom. The van der Waals surface area contributed by atoms with E-state index >= 15 is 0 Å². The second-order valence-electron chi connectivity index (χ2n) is 3.93. The summed E-state index contributed by atoms with van der Waals surface area (Å²) in [6.45, 7) is 0.275. The summed E-state index contributed by atoms with van der Waals surface area (Å²) in [5, 5.41) is 5.36. The maximum Gasteiger partial charge on any atom is 0.341 e. The van der Waals surface area contributed by atoms with Gasteiger partial charge in [-0.25, -0.2) is 0 Å². The van der Waals surface area contributed by atoms with Crippen LogP contribution in [0.1, 0.15) is 51.4 Å². The Kier molecular flexibility index (Phi) is 9.94. The lowest BCUT2D eigenvalue weighted by atomic mass is 10.1. The Morgan fingerprint density at radius 2 is 1.44 bits per heavy atom. The van der Waals surface area contributed by atoms with Crippen molar-refractivity contribution in [3.05, 3.63) is 12.2 Å². The van der Waals surface area contributed by atoms with E-state index < -0.39 is 5.38 Å². The minimum atomic E-state index is -3.19. The molecule has 0 aliphatic heterocycles. The van der Waals surface area contributed by atoms with Crippen LogP contribution in [0.15, 0.2) is 12.2 Å². The molecule has 96 valence electrons. The van der Waals surface area contributed by atoms with E-state index in [2.05, 4.69) is 0 Å². The zero-order chi connectivity index (χ0) is 12.3. The van der Waals surface area contributed by atoms with Gasteiger partial charge in [0.05, 0.1) is 0 Å². The van der Waals surface area contributed by atoms with Gasteiger partial charge in [-0.1, -0.05) is 38.2 Å². The molecule has 0 radical (unpaired) electrons. The Balaban J connectivity index is 3.13. The van der Waals surface area contributed by atoms with Crippen molar-refractivity contribution in [2.45, 2.75) is 56.7 Å². The fourth-order valence-corrected chi connectivity index (χ4v) is 1.56.